The Morgan fingerprint density at radius 3 is 2.88 bits per heavy atom. The van der Waals surface area contributed by atoms with E-state index in [1.165, 1.54) is 6.33 Å². The van der Waals surface area contributed by atoms with Crippen LogP contribution in [-0.4, -0.2) is 52.2 Å². The van der Waals surface area contributed by atoms with Crippen LogP contribution < -0.4 is 15.6 Å². The van der Waals surface area contributed by atoms with Crippen molar-refractivity contribution >= 4 is 23.2 Å². The van der Waals surface area contributed by atoms with Crippen molar-refractivity contribution in [3.63, 3.8) is 0 Å². The van der Waals surface area contributed by atoms with Crippen LogP contribution in [0.4, 0.5) is 5.69 Å². The van der Waals surface area contributed by atoms with Crippen LogP contribution in [0.25, 0.3) is 28.2 Å². The predicted octanol–water partition coefficient (Wildman–Crippen LogP) is 3.43. The van der Waals surface area contributed by atoms with E-state index in [1.807, 2.05) is 22.8 Å². The second-order valence-corrected chi connectivity index (χ2v) is 10.2. The molecule has 2 aliphatic rings. The van der Waals surface area contributed by atoms with E-state index >= 15 is 0 Å². The summed E-state index contributed by atoms with van der Waals surface area (Å²) in [5.74, 6) is 0.986. The summed E-state index contributed by atoms with van der Waals surface area (Å²) in [5.41, 5.74) is 4.84. The molecule has 0 unspecified atom stereocenters. The molecule has 6 heterocycles. The number of amides is 1. The summed E-state index contributed by atoms with van der Waals surface area (Å²) >= 11 is 6.34. The fraction of sp³-hybridized carbons (Fsp3) is 0.222. The molecule has 0 fully saturated rings. The van der Waals surface area contributed by atoms with Gasteiger partial charge in [0.25, 0.3) is 11.5 Å². The first-order valence-electron chi connectivity index (χ1n) is 12.8. The first kappa shape index (κ1) is 24.2. The highest BCUT2D eigenvalue weighted by Gasteiger charge is 2.36. The SMILES string of the molecule is CC[C@H]1Cc2cc(-c3cc(Cl)ccc3-n3cnnn3)cc(=O)n2[C@@H]1c1ncc(-c2ccc3c(n2)OCC(=O)N3)[nH]1. The number of rotatable bonds is 5. The minimum Gasteiger partial charge on any atom is -0.466 e. The smallest absolute Gasteiger partial charge is 0.262 e. The van der Waals surface area contributed by atoms with E-state index in [9.17, 15) is 9.59 Å². The van der Waals surface area contributed by atoms with E-state index in [4.69, 9.17) is 16.3 Å². The van der Waals surface area contributed by atoms with Crippen molar-refractivity contribution in [1.29, 1.82) is 0 Å². The van der Waals surface area contributed by atoms with E-state index < -0.39 is 0 Å². The Morgan fingerprint density at radius 1 is 1.15 bits per heavy atom. The summed E-state index contributed by atoms with van der Waals surface area (Å²) < 4.78 is 8.83. The number of halogens is 1. The minimum atomic E-state index is -0.262. The molecule has 0 radical (unpaired) electrons. The number of ether oxygens (including phenoxy) is 1. The number of tetrazole rings is 1. The van der Waals surface area contributed by atoms with Crippen LogP contribution >= 0.6 is 11.6 Å². The number of nitrogens with zero attached hydrogens (tertiary/aromatic N) is 7. The third-order valence-corrected chi connectivity index (χ3v) is 7.59. The molecule has 1 aromatic carbocycles. The number of benzene rings is 1. The second-order valence-electron chi connectivity index (χ2n) is 9.74. The molecule has 0 aliphatic carbocycles. The van der Waals surface area contributed by atoms with Gasteiger partial charge in [0.15, 0.2) is 6.61 Å². The van der Waals surface area contributed by atoms with Crippen molar-refractivity contribution < 1.29 is 9.53 Å². The van der Waals surface area contributed by atoms with Gasteiger partial charge < -0.3 is 19.6 Å². The van der Waals surface area contributed by atoms with Gasteiger partial charge in [0.1, 0.15) is 17.8 Å². The van der Waals surface area contributed by atoms with E-state index in [0.29, 0.717) is 40.2 Å². The zero-order valence-electron chi connectivity index (χ0n) is 21.2. The predicted molar refractivity (Wildman–Crippen MR) is 145 cm³/mol. The van der Waals surface area contributed by atoms with Crippen molar-refractivity contribution in [2.24, 2.45) is 5.92 Å². The molecule has 2 atom stereocenters. The molecule has 7 rings (SSSR count). The molecule has 4 aromatic heterocycles. The average Bonchev–Trinajstić information content (AvgIpc) is 3.72. The maximum absolute atomic E-state index is 13.7. The zero-order chi connectivity index (χ0) is 27.4. The summed E-state index contributed by atoms with van der Waals surface area (Å²) in [6, 6.07) is 12.3. The Kier molecular flexibility index (Phi) is 5.70. The van der Waals surface area contributed by atoms with Gasteiger partial charge in [-0.1, -0.05) is 24.9 Å². The van der Waals surface area contributed by atoms with Crippen LogP contribution in [0.2, 0.25) is 5.02 Å². The summed E-state index contributed by atoms with van der Waals surface area (Å²) in [5, 5.41) is 14.8. The Bertz CT molecular complexity index is 1830. The van der Waals surface area contributed by atoms with Gasteiger partial charge in [-0.25, -0.2) is 9.97 Å². The van der Waals surface area contributed by atoms with Gasteiger partial charge in [-0.3, -0.25) is 9.59 Å². The molecule has 1 amide bonds. The summed E-state index contributed by atoms with van der Waals surface area (Å²) in [4.78, 5) is 37.8. The number of aromatic nitrogens is 8. The maximum atomic E-state index is 13.7. The first-order chi connectivity index (χ1) is 19.5. The summed E-state index contributed by atoms with van der Waals surface area (Å²) in [7, 11) is 0. The van der Waals surface area contributed by atoms with Gasteiger partial charge in [-0.05, 0) is 64.7 Å². The number of hydrogen-bond acceptors (Lipinski definition) is 8. The highest BCUT2D eigenvalue weighted by atomic mass is 35.5. The quantitative estimate of drug-likeness (QED) is 0.335. The van der Waals surface area contributed by atoms with Gasteiger partial charge in [-0.2, -0.15) is 4.68 Å². The molecule has 0 saturated heterocycles. The summed E-state index contributed by atoms with van der Waals surface area (Å²) in [6.45, 7) is 2.04. The van der Waals surface area contributed by atoms with Gasteiger partial charge in [0, 0.05) is 22.3 Å². The van der Waals surface area contributed by atoms with Crippen LogP contribution in [0.5, 0.6) is 5.88 Å². The number of anilines is 1. The van der Waals surface area contributed by atoms with Crippen LogP contribution in [-0.2, 0) is 11.2 Å². The van der Waals surface area contributed by atoms with Gasteiger partial charge in [-0.15, -0.1) is 5.10 Å². The monoisotopic (exact) mass is 555 g/mol. The van der Waals surface area contributed by atoms with Crippen molar-refractivity contribution in [1.82, 2.24) is 39.7 Å². The van der Waals surface area contributed by atoms with Gasteiger partial charge >= 0.3 is 0 Å². The highest BCUT2D eigenvalue weighted by molar-refractivity contribution is 6.31. The number of aromatic amines is 1. The fourth-order valence-electron chi connectivity index (χ4n) is 5.51. The Hall–Kier alpha value is -4.84. The standard InChI is InChI=1S/C27H22ClN9O3/c1-2-14-7-17-8-15(18-10-16(28)3-6-22(18)36-13-30-34-35-36)9-24(39)37(17)25(14)26-29-11-21(32-26)19-4-5-20-27(33-19)40-12-23(38)31-20/h3-6,8-11,13-14,25H,2,7,12H2,1H3,(H,29,32)(H,31,38)/t14-,25-/m0/s1. The van der Waals surface area contributed by atoms with Crippen molar-refractivity contribution in [3.8, 4) is 34.1 Å². The van der Waals surface area contributed by atoms with Crippen molar-refractivity contribution in [3.05, 3.63) is 81.9 Å². The number of imidazole rings is 1. The maximum Gasteiger partial charge on any atom is 0.262 e. The average molecular weight is 556 g/mol. The van der Waals surface area contributed by atoms with E-state index in [1.54, 1.807) is 35.1 Å². The number of carbonyl (C=O) groups is 1. The van der Waals surface area contributed by atoms with Crippen LogP contribution in [0.1, 0.15) is 30.9 Å². The fourth-order valence-corrected chi connectivity index (χ4v) is 5.68. The lowest BCUT2D eigenvalue weighted by Gasteiger charge is -2.19. The molecule has 0 spiro atoms. The molecule has 0 saturated carbocycles. The topological polar surface area (TPSA) is 146 Å². The number of fused-ring (bicyclic) bond motifs is 2. The lowest BCUT2D eigenvalue weighted by atomic mass is 9.95. The molecule has 2 aliphatic heterocycles. The molecule has 13 heteroatoms. The Morgan fingerprint density at radius 2 is 2.05 bits per heavy atom. The van der Waals surface area contributed by atoms with E-state index in [-0.39, 0.29) is 30.0 Å². The Balaban J connectivity index is 1.27. The van der Waals surface area contributed by atoms with Crippen LogP contribution in [0, 0.1) is 5.92 Å². The lowest BCUT2D eigenvalue weighted by Crippen LogP contribution is -2.26. The molecule has 5 aromatic rings. The van der Waals surface area contributed by atoms with E-state index in [2.05, 4.69) is 42.7 Å². The minimum absolute atomic E-state index is 0.0774. The van der Waals surface area contributed by atoms with Crippen molar-refractivity contribution in [2.45, 2.75) is 25.8 Å². The molecule has 12 nitrogen and oxygen atoms in total. The highest BCUT2D eigenvalue weighted by Crippen LogP contribution is 2.39. The number of nitrogens with one attached hydrogen (secondary N) is 2. The molecular formula is C27H22ClN9O3. The number of hydrogen-bond donors (Lipinski definition) is 2. The van der Waals surface area contributed by atoms with Gasteiger partial charge in [0.2, 0.25) is 5.88 Å². The third-order valence-electron chi connectivity index (χ3n) is 7.36. The molecule has 200 valence electrons. The molecule has 40 heavy (non-hydrogen) atoms. The largest absolute Gasteiger partial charge is 0.466 e. The van der Waals surface area contributed by atoms with E-state index in [0.717, 1.165) is 28.9 Å². The number of pyridine rings is 2. The first-order valence-corrected chi connectivity index (χ1v) is 13.1. The lowest BCUT2D eigenvalue weighted by molar-refractivity contribution is -0.118. The third kappa shape index (κ3) is 4.04. The molecule has 2 N–H and O–H groups in total. The molecular weight excluding hydrogens is 534 g/mol. The van der Waals surface area contributed by atoms with Gasteiger partial charge in [0.05, 0.1) is 29.3 Å². The number of carbonyl (C=O) groups excluding carboxylic acids is 1. The normalized spacial score (nSPS) is 17.7. The van der Waals surface area contributed by atoms with Crippen LogP contribution in [0.15, 0.2) is 59.8 Å². The van der Waals surface area contributed by atoms with Crippen molar-refractivity contribution in [2.75, 3.05) is 11.9 Å². The van der Waals surface area contributed by atoms with Crippen LogP contribution in [0.3, 0.4) is 0 Å². The zero-order valence-corrected chi connectivity index (χ0v) is 22.0. The Labute approximate surface area is 232 Å². The summed E-state index contributed by atoms with van der Waals surface area (Å²) in [6.07, 6.45) is 4.78. The number of H-pyrrole nitrogens is 1. The molecule has 0 bridgehead atoms. The second kappa shape index (κ2) is 9.42.